The summed E-state index contributed by atoms with van der Waals surface area (Å²) in [6.07, 6.45) is 6.75. The van der Waals surface area contributed by atoms with Gasteiger partial charge in [0.1, 0.15) is 0 Å². The third kappa shape index (κ3) is 4.04. The predicted octanol–water partition coefficient (Wildman–Crippen LogP) is 2.77. The van der Waals surface area contributed by atoms with Crippen molar-refractivity contribution in [3.8, 4) is 6.07 Å². The van der Waals surface area contributed by atoms with Crippen molar-refractivity contribution >= 4 is 12.0 Å². The molecule has 0 amide bonds. The molecule has 0 saturated carbocycles. The summed E-state index contributed by atoms with van der Waals surface area (Å²) in [5.41, 5.74) is 9.77. The number of nitrogens with zero attached hydrogens (tertiary/aromatic N) is 3. The normalized spacial score (nSPS) is 21.4. The summed E-state index contributed by atoms with van der Waals surface area (Å²) in [5, 5.41) is 13.4. The van der Waals surface area contributed by atoms with Gasteiger partial charge in [-0.3, -0.25) is 4.79 Å². The second kappa shape index (κ2) is 8.36. The van der Waals surface area contributed by atoms with Crippen LogP contribution in [0.5, 0.6) is 0 Å². The standard InChI is InChI=1S/C22H29N5O2/c1-5-7-27-13-25-21(14(27)2)19-15(11-24)17(12-29-8-6-23)26-16-9-22(3,4)10-18(28)20(16)19/h5,7,13,19,26H,6,8-10,12,23H2,1-4H3/b7-5-. The molecule has 0 bridgehead atoms. The molecule has 7 heteroatoms. The van der Waals surface area contributed by atoms with Crippen molar-refractivity contribution in [3.05, 3.63) is 46.3 Å². The summed E-state index contributed by atoms with van der Waals surface area (Å²) in [7, 11) is 0. The molecule has 1 aliphatic heterocycles. The highest BCUT2D eigenvalue weighted by molar-refractivity contribution is 6.00. The van der Waals surface area contributed by atoms with Gasteiger partial charge in [-0.05, 0) is 25.7 Å². The molecule has 2 aliphatic rings. The van der Waals surface area contributed by atoms with Crippen LogP contribution in [0.2, 0.25) is 0 Å². The van der Waals surface area contributed by atoms with Crippen molar-refractivity contribution in [1.29, 1.82) is 5.26 Å². The van der Waals surface area contributed by atoms with E-state index in [9.17, 15) is 10.1 Å². The molecule has 0 spiro atoms. The first-order valence-electron chi connectivity index (χ1n) is 9.93. The Balaban J connectivity index is 2.15. The van der Waals surface area contributed by atoms with Crippen LogP contribution >= 0.6 is 0 Å². The lowest BCUT2D eigenvalue weighted by Crippen LogP contribution is -2.38. The van der Waals surface area contributed by atoms with Crippen LogP contribution < -0.4 is 11.1 Å². The van der Waals surface area contributed by atoms with Crippen LogP contribution in [0.4, 0.5) is 0 Å². The number of nitriles is 1. The molecule has 1 aliphatic carbocycles. The Kier molecular flexibility index (Phi) is 6.06. The number of nitrogens with two attached hydrogens (primary N) is 1. The summed E-state index contributed by atoms with van der Waals surface area (Å²) in [5.74, 6) is -0.411. The molecule has 29 heavy (non-hydrogen) atoms. The van der Waals surface area contributed by atoms with E-state index in [0.29, 0.717) is 36.4 Å². The first-order valence-corrected chi connectivity index (χ1v) is 9.93. The van der Waals surface area contributed by atoms with Gasteiger partial charge in [-0.1, -0.05) is 19.9 Å². The van der Waals surface area contributed by atoms with Gasteiger partial charge in [-0.25, -0.2) is 4.98 Å². The smallest absolute Gasteiger partial charge is 0.162 e. The van der Waals surface area contributed by atoms with E-state index in [4.69, 9.17) is 10.5 Å². The number of Topliss-reactive ketones (excluding diaryl/α,β-unsaturated/α-hetero) is 1. The van der Waals surface area contributed by atoms with Gasteiger partial charge in [0.15, 0.2) is 5.78 Å². The number of nitrogens with one attached hydrogen (secondary N) is 1. The average Bonchev–Trinajstić information content (AvgIpc) is 3.00. The van der Waals surface area contributed by atoms with E-state index in [2.05, 4.69) is 30.2 Å². The topological polar surface area (TPSA) is 106 Å². The van der Waals surface area contributed by atoms with Gasteiger partial charge < -0.3 is 20.4 Å². The van der Waals surface area contributed by atoms with Crippen LogP contribution in [0.1, 0.15) is 50.9 Å². The highest BCUT2D eigenvalue weighted by Gasteiger charge is 2.43. The van der Waals surface area contributed by atoms with Crippen molar-refractivity contribution in [2.75, 3.05) is 19.8 Å². The number of dihydropyridines is 1. The SMILES string of the molecule is C/C=C\n1cnc(C2C(C#N)=C(COCCN)NC3=C2C(=O)CC(C)(C)C3)c1C. The summed E-state index contributed by atoms with van der Waals surface area (Å²) in [6.45, 7) is 9.13. The van der Waals surface area contributed by atoms with E-state index in [1.54, 1.807) is 6.33 Å². The molecule has 0 fully saturated rings. The molecular formula is C22H29N5O2. The van der Waals surface area contributed by atoms with Crippen LogP contribution in [-0.4, -0.2) is 35.1 Å². The Bertz CT molecular complexity index is 943. The number of carbonyl (C=O) groups excluding carboxylic acids is 1. The third-order valence-corrected chi connectivity index (χ3v) is 5.42. The molecule has 3 N–H and O–H groups in total. The van der Waals surface area contributed by atoms with Gasteiger partial charge in [-0.2, -0.15) is 5.26 Å². The van der Waals surface area contributed by atoms with Crippen molar-refractivity contribution in [2.24, 2.45) is 11.1 Å². The van der Waals surface area contributed by atoms with E-state index in [0.717, 1.165) is 23.5 Å². The number of allylic oxidation sites excluding steroid dienone is 4. The van der Waals surface area contributed by atoms with Crippen molar-refractivity contribution in [2.45, 2.75) is 46.5 Å². The number of hydrogen-bond acceptors (Lipinski definition) is 6. The lowest BCUT2D eigenvalue weighted by atomic mass is 9.69. The Morgan fingerprint density at radius 2 is 2.24 bits per heavy atom. The maximum Gasteiger partial charge on any atom is 0.162 e. The maximum absolute atomic E-state index is 13.2. The van der Waals surface area contributed by atoms with Crippen LogP contribution in [0, 0.1) is 23.7 Å². The van der Waals surface area contributed by atoms with Gasteiger partial charge >= 0.3 is 0 Å². The van der Waals surface area contributed by atoms with Crippen LogP contribution in [-0.2, 0) is 9.53 Å². The van der Waals surface area contributed by atoms with Crippen molar-refractivity contribution in [3.63, 3.8) is 0 Å². The predicted molar refractivity (Wildman–Crippen MR) is 111 cm³/mol. The van der Waals surface area contributed by atoms with Gasteiger partial charge in [-0.15, -0.1) is 0 Å². The Hall–Kier alpha value is -2.69. The number of ether oxygens (including phenoxy) is 1. The van der Waals surface area contributed by atoms with Crippen molar-refractivity contribution in [1.82, 2.24) is 14.9 Å². The summed E-state index contributed by atoms with van der Waals surface area (Å²) < 4.78 is 7.54. The van der Waals surface area contributed by atoms with Gasteiger partial charge in [0.05, 0.1) is 48.5 Å². The average molecular weight is 396 g/mol. The summed E-state index contributed by atoms with van der Waals surface area (Å²) in [4.78, 5) is 17.8. The first-order chi connectivity index (χ1) is 13.8. The Morgan fingerprint density at radius 1 is 1.48 bits per heavy atom. The lowest BCUT2D eigenvalue weighted by Gasteiger charge is -2.38. The fourth-order valence-electron chi connectivity index (χ4n) is 4.16. The first kappa shape index (κ1) is 21.0. The molecule has 154 valence electrons. The number of ketones is 1. The molecular weight excluding hydrogens is 366 g/mol. The zero-order valence-corrected chi connectivity index (χ0v) is 17.6. The van der Waals surface area contributed by atoms with E-state index >= 15 is 0 Å². The zero-order valence-electron chi connectivity index (χ0n) is 17.6. The number of aromatic nitrogens is 2. The van der Waals surface area contributed by atoms with E-state index in [1.807, 2.05) is 30.7 Å². The maximum atomic E-state index is 13.2. The molecule has 1 atom stereocenters. The highest BCUT2D eigenvalue weighted by atomic mass is 16.5. The van der Waals surface area contributed by atoms with Crippen LogP contribution in [0.25, 0.3) is 6.20 Å². The molecule has 0 radical (unpaired) electrons. The summed E-state index contributed by atoms with van der Waals surface area (Å²) >= 11 is 0. The fraction of sp³-hybridized carbons (Fsp3) is 0.500. The van der Waals surface area contributed by atoms with E-state index in [1.165, 1.54) is 0 Å². The zero-order chi connectivity index (χ0) is 21.2. The minimum absolute atomic E-state index is 0.0726. The molecule has 1 aromatic rings. The lowest BCUT2D eigenvalue weighted by molar-refractivity contribution is -0.118. The van der Waals surface area contributed by atoms with Gasteiger partial charge in [0, 0.05) is 36.1 Å². The molecule has 0 saturated heterocycles. The Morgan fingerprint density at radius 3 is 2.90 bits per heavy atom. The number of carbonyl (C=O) groups is 1. The van der Waals surface area contributed by atoms with E-state index in [-0.39, 0.29) is 17.8 Å². The number of rotatable bonds is 6. The molecule has 2 heterocycles. The fourth-order valence-corrected chi connectivity index (χ4v) is 4.16. The molecule has 1 aromatic heterocycles. The molecule has 0 aromatic carbocycles. The Labute approximate surface area is 171 Å². The van der Waals surface area contributed by atoms with Crippen molar-refractivity contribution < 1.29 is 9.53 Å². The quantitative estimate of drug-likeness (QED) is 0.718. The molecule has 7 nitrogen and oxygen atoms in total. The number of hydrogen-bond donors (Lipinski definition) is 2. The number of imidazole rings is 1. The molecule has 1 unspecified atom stereocenters. The highest BCUT2D eigenvalue weighted by Crippen LogP contribution is 2.46. The van der Waals surface area contributed by atoms with E-state index < -0.39 is 5.92 Å². The van der Waals surface area contributed by atoms with Crippen LogP contribution in [0.15, 0.2) is 34.9 Å². The minimum atomic E-state index is -0.483. The third-order valence-electron chi connectivity index (χ3n) is 5.42. The van der Waals surface area contributed by atoms with Crippen LogP contribution in [0.3, 0.4) is 0 Å². The minimum Gasteiger partial charge on any atom is -0.374 e. The molecule has 3 rings (SSSR count). The second-order valence-electron chi connectivity index (χ2n) is 8.34. The summed E-state index contributed by atoms with van der Waals surface area (Å²) in [6, 6.07) is 2.32. The largest absolute Gasteiger partial charge is 0.374 e. The second-order valence-corrected chi connectivity index (χ2v) is 8.34. The van der Waals surface area contributed by atoms with Gasteiger partial charge in [0.25, 0.3) is 0 Å². The monoisotopic (exact) mass is 395 g/mol. The van der Waals surface area contributed by atoms with Gasteiger partial charge in [0.2, 0.25) is 0 Å².